The van der Waals surface area contributed by atoms with E-state index in [2.05, 4.69) is 23.9 Å². The van der Waals surface area contributed by atoms with Crippen LogP contribution >= 0.6 is 11.8 Å². The summed E-state index contributed by atoms with van der Waals surface area (Å²) in [5, 5.41) is 12.3. The van der Waals surface area contributed by atoms with Crippen LogP contribution in [0.5, 0.6) is 0 Å². The van der Waals surface area contributed by atoms with Gasteiger partial charge >= 0.3 is 0 Å². The van der Waals surface area contributed by atoms with Crippen molar-refractivity contribution in [2.45, 2.75) is 24.8 Å². The fraction of sp³-hybridized carbons (Fsp3) is 0.500. The largest absolute Gasteiger partial charge is 0.409 e. The van der Waals surface area contributed by atoms with Gasteiger partial charge in [0.15, 0.2) is 5.84 Å². The lowest BCUT2D eigenvalue weighted by molar-refractivity contribution is 0.0532. The number of oxime groups is 1. The number of hydrogen-bond acceptors (Lipinski definition) is 5. The van der Waals surface area contributed by atoms with Crippen molar-refractivity contribution in [3.05, 3.63) is 23.8 Å². The second-order valence-electron chi connectivity index (χ2n) is 4.70. The molecule has 0 saturated carbocycles. The third kappa shape index (κ3) is 3.19. The van der Waals surface area contributed by atoms with Gasteiger partial charge < -0.3 is 20.6 Å². The normalized spacial score (nSPS) is 20.2. The zero-order chi connectivity index (χ0) is 14.5. The number of rotatable bonds is 4. The van der Waals surface area contributed by atoms with Gasteiger partial charge in [0.1, 0.15) is 0 Å². The van der Waals surface area contributed by atoms with Gasteiger partial charge in [0.25, 0.3) is 0 Å². The lowest BCUT2D eigenvalue weighted by Crippen LogP contribution is -2.42. The molecule has 0 amide bonds. The SMILES string of the molecule is CCSc1cccc(N2CCOC(C)C2)c1/C(N)=N/O. The monoisotopic (exact) mass is 295 g/mol. The molecule has 1 aliphatic heterocycles. The average molecular weight is 295 g/mol. The summed E-state index contributed by atoms with van der Waals surface area (Å²) in [6.07, 6.45) is 0.186. The number of nitrogens with zero attached hydrogens (tertiary/aromatic N) is 2. The molecule has 1 unspecified atom stereocenters. The van der Waals surface area contributed by atoms with E-state index in [-0.39, 0.29) is 11.9 Å². The first-order valence-corrected chi connectivity index (χ1v) is 7.76. The van der Waals surface area contributed by atoms with Gasteiger partial charge in [-0.05, 0) is 24.8 Å². The highest BCUT2D eigenvalue weighted by Gasteiger charge is 2.22. The molecule has 1 saturated heterocycles. The van der Waals surface area contributed by atoms with Gasteiger partial charge in [-0.25, -0.2) is 0 Å². The molecule has 1 atom stereocenters. The Hall–Kier alpha value is -1.40. The summed E-state index contributed by atoms with van der Waals surface area (Å²) in [7, 11) is 0. The number of benzene rings is 1. The Morgan fingerprint density at radius 1 is 1.60 bits per heavy atom. The van der Waals surface area contributed by atoms with Crippen molar-refractivity contribution < 1.29 is 9.94 Å². The Kier molecular flexibility index (Phi) is 5.14. The average Bonchev–Trinajstić information content (AvgIpc) is 2.46. The van der Waals surface area contributed by atoms with Crippen molar-refractivity contribution in [3.8, 4) is 0 Å². The molecular weight excluding hydrogens is 274 g/mol. The third-order valence-electron chi connectivity index (χ3n) is 3.25. The van der Waals surface area contributed by atoms with E-state index in [1.807, 2.05) is 18.2 Å². The van der Waals surface area contributed by atoms with Gasteiger partial charge in [-0.2, -0.15) is 0 Å². The maximum Gasteiger partial charge on any atom is 0.173 e. The van der Waals surface area contributed by atoms with E-state index in [1.54, 1.807) is 11.8 Å². The maximum absolute atomic E-state index is 9.07. The third-order valence-corrected chi connectivity index (χ3v) is 4.19. The number of morpholine rings is 1. The predicted octanol–water partition coefficient (Wildman–Crippen LogP) is 2.12. The molecule has 1 heterocycles. The molecule has 0 spiro atoms. The van der Waals surface area contributed by atoms with E-state index in [1.165, 1.54) is 0 Å². The smallest absolute Gasteiger partial charge is 0.173 e. The van der Waals surface area contributed by atoms with Crippen LogP contribution < -0.4 is 10.6 Å². The second-order valence-corrected chi connectivity index (χ2v) is 6.00. The molecule has 0 aromatic heterocycles. The molecule has 1 fully saturated rings. The van der Waals surface area contributed by atoms with Crippen molar-refractivity contribution in [1.82, 2.24) is 0 Å². The van der Waals surface area contributed by atoms with Crippen LogP contribution in [-0.4, -0.2) is 42.6 Å². The van der Waals surface area contributed by atoms with Crippen LogP contribution in [0.15, 0.2) is 28.3 Å². The van der Waals surface area contributed by atoms with E-state index < -0.39 is 0 Å². The lowest BCUT2D eigenvalue weighted by atomic mass is 10.1. The molecule has 1 aliphatic rings. The van der Waals surface area contributed by atoms with Crippen molar-refractivity contribution in [2.24, 2.45) is 10.9 Å². The van der Waals surface area contributed by atoms with E-state index in [9.17, 15) is 0 Å². The first-order valence-electron chi connectivity index (χ1n) is 6.77. The minimum absolute atomic E-state index is 0.163. The predicted molar refractivity (Wildman–Crippen MR) is 83.0 cm³/mol. The van der Waals surface area contributed by atoms with Gasteiger partial charge in [-0.3, -0.25) is 0 Å². The molecule has 5 nitrogen and oxygen atoms in total. The van der Waals surface area contributed by atoms with Crippen LogP contribution in [0.25, 0.3) is 0 Å². The summed E-state index contributed by atoms with van der Waals surface area (Å²) >= 11 is 1.69. The van der Waals surface area contributed by atoms with Gasteiger partial charge in [-0.15, -0.1) is 11.8 Å². The Morgan fingerprint density at radius 3 is 3.05 bits per heavy atom. The Morgan fingerprint density at radius 2 is 2.40 bits per heavy atom. The Bertz CT molecular complexity index is 493. The number of hydrogen-bond donors (Lipinski definition) is 2. The van der Waals surface area contributed by atoms with Crippen LogP contribution in [0, 0.1) is 0 Å². The van der Waals surface area contributed by atoms with E-state index >= 15 is 0 Å². The maximum atomic E-state index is 9.07. The highest BCUT2D eigenvalue weighted by atomic mass is 32.2. The summed E-state index contributed by atoms with van der Waals surface area (Å²) in [6, 6.07) is 6.04. The van der Waals surface area contributed by atoms with E-state index in [0.717, 1.165) is 35.0 Å². The van der Waals surface area contributed by atoms with Gasteiger partial charge in [0.05, 0.1) is 18.3 Å². The van der Waals surface area contributed by atoms with Crippen LogP contribution in [0.4, 0.5) is 5.69 Å². The number of nitrogens with two attached hydrogens (primary N) is 1. The van der Waals surface area contributed by atoms with Crippen LogP contribution in [0.2, 0.25) is 0 Å². The van der Waals surface area contributed by atoms with Crippen molar-refractivity contribution in [1.29, 1.82) is 0 Å². The number of thioether (sulfide) groups is 1. The molecule has 2 rings (SSSR count). The summed E-state index contributed by atoms with van der Waals surface area (Å²) in [5.41, 5.74) is 7.72. The molecule has 0 radical (unpaired) electrons. The van der Waals surface area contributed by atoms with Gasteiger partial charge in [0.2, 0.25) is 0 Å². The first-order chi connectivity index (χ1) is 9.67. The molecule has 110 valence electrons. The number of amidine groups is 1. The van der Waals surface area contributed by atoms with Crippen LogP contribution in [0.3, 0.4) is 0 Å². The fourth-order valence-corrected chi connectivity index (χ4v) is 3.24. The van der Waals surface area contributed by atoms with Crippen molar-refractivity contribution in [3.63, 3.8) is 0 Å². The Labute approximate surface area is 123 Å². The molecule has 1 aromatic rings. The standard InChI is InChI=1S/C14H21N3O2S/c1-3-20-12-6-4-5-11(13(12)14(15)16-18)17-7-8-19-10(2)9-17/h4-6,10,18H,3,7-9H2,1-2H3,(H2,15,16). The van der Waals surface area contributed by atoms with Gasteiger partial charge in [0, 0.05) is 23.7 Å². The molecule has 3 N–H and O–H groups in total. The molecule has 6 heteroatoms. The van der Waals surface area contributed by atoms with E-state index in [0.29, 0.717) is 6.61 Å². The minimum atomic E-state index is 0.163. The van der Waals surface area contributed by atoms with Crippen LogP contribution in [-0.2, 0) is 4.74 Å². The summed E-state index contributed by atoms with van der Waals surface area (Å²) in [4.78, 5) is 3.28. The van der Waals surface area contributed by atoms with Crippen molar-refractivity contribution >= 4 is 23.3 Å². The lowest BCUT2D eigenvalue weighted by Gasteiger charge is -2.34. The molecule has 20 heavy (non-hydrogen) atoms. The quantitative estimate of drug-likeness (QED) is 0.293. The Balaban J connectivity index is 2.43. The summed E-state index contributed by atoms with van der Waals surface area (Å²) in [6.45, 7) is 6.47. The molecule has 0 bridgehead atoms. The van der Waals surface area contributed by atoms with Crippen LogP contribution in [0.1, 0.15) is 19.4 Å². The first kappa shape index (κ1) is 15.0. The molecule has 0 aliphatic carbocycles. The summed E-state index contributed by atoms with van der Waals surface area (Å²) < 4.78 is 5.58. The van der Waals surface area contributed by atoms with Gasteiger partial charge in [-0.1, -0.05) is 18.1 Å². The summed E-state index contributed by atoms with van der Waals surface area (Å²) in [5.74, 6) is 1.10. The highest BCUT2D eigenvalue weighted by Crippen LogP contribution is 2.31. The molecule has 1 aromatic carbocycles. The topological polar surface area (TPSA) is 71.1 Å². The van der Waals surface area contributed by atoms with Crippen molar-refractivity contribution in [2.75, 3.05) is 30.3 Å². The molecular formula is C14H21N3O2S. The second kappa shape index (κ2) is 6.85. The number of ether oxygens (including phenoxy) is 1. The fourth-order valence-electron chi connectivity index (χ4n) is 2.40. The highest BCUT2D eigenvalue weighted by molar-refractivity contribution is 7.99. The number of anilines is 1. The van der Waals surface area contributed by atoms with E-state index in [4.69, 9.17) is 15.7 Å². The zero-order valence-corrected chi connectivity index (χ0v) is 12.7. The minimum Gasteiger partial charge on any atom is -0.409 e. The zero-order valence-electron chi connectivity index (χ0n) is 11.9.